The molecule has 2 atom stereocenters. The highest BCUT2D eigenvalue weighted by Gasteiger charge is 2.48. The Labute approximate surface area is 121 Å². The van der Waals surface area contributed by atoms with Crippen LogP contribution in [0.1, 0.15) is 20.8 Å². The number of nitrogens with zero attached hydrogens (tertiary/aromatic N) is 3. The maximum atomic E-state index is 12.2. The molecule has 9 nitrogen and oxygen atoms in total. The van der Waals surface area contributed by atoms with E-state index in [9.17, 15) is 15.2 Å². The van der Waals surface area contributed by atoms with Crippen LogP contribution < -0.4 is 5.73 Å². The molecule has 1 fully saturated rings. The molecule has 3 N–H and O–H groups in total. The third kappa shape index (κ3) is 2.49. The quantitative estimate of drug-likeness (QED) is 0.226. The molecule has 0 bridgehead atoms. The maximum Gasteiger partial charge on any atom is 0.339 e. The highest BCUT2D eigenvalue weighted by molar-refractivity contribution is 6.70. The van der Waals surface area contributed by atoms with Gasteiger partial charge in [-0.1, -0.05) is 5.16 Å². The molecule has 0 aromatic rings. The number of hydroxylamine groups is 1. The molecular weight excluding hydrogens is 280 g/mol. The van der Waals surface area contributed by atoms with Gasteiger partial charge in [0.25, 0.3) is 0 Å². The first kappa shape index (κ1) is 15.4. The number of ether oxygens (including phenoxy) is 2. The average Bonchev–Trinajstić information content (AvgIpc) is 2.42. The largest absolute Gasteiger partial charge is 0.622 e. The number of oxime groups is 1. The maximum absolute atomic E-state index is 12.2. The molecule has 21 heavy (non-hydrogen) atoms. The van der Waals surface area contributed by atoms with Crippen molar-refractivity contribution < 1.29 is 24.2 Å². The zero-order valence-corrected chi connectivity index (χ0v) is 12.1. The number of hydrogen-bond acceptors (Lipinski definition) is 8. The number of fused-ring (bicyclic) bond motifs is 1. The standard InChI is InChI=1S/C12H18N4O5/c1-4-20-11(17)8-10(13)16(19)6-5-21-12(2,3)9(15-18)7(6)14-8/h8,10,18H,4-5,13H2,1-3H3/b15-9-. The summed E-state index contributed by atoms with van der Waals surface area (Å²) in [6.45, 7) is 5.11. The highest BCUT2D eigenvalue weighted by atomic mass is 16.5. The van der Waals surface area contributed by atoms with Gasteiger partial charge >= 0.3 is 5.97 Å². The monoisotopic (exact) mass is 298 g/mol. The molecule has 116 valence electrons. The first-order valence-corrected chi connectivity index (χ1v) is 6.53. The molecule has 0 amide bonds. The Balaban J connectivity index is 2.48. The van der Waals surface area contributed by atoms with Crippen LogP contribution in [-0.4, -0.2) is 64.1 Å². The van der Waals surface area contributed by atoms with E-state index < -0.39 is 23.8 Å². The van der Waals surface area contributed by atoms with Crippen LogP contribution in [0.2, 0.25) is 0 Å². The van der Waals surface area contributed by atoms with Crippen LogP contribution in [0.3, 0.4) is 0 Å². The Morgan fingerprint density at radius 1 is 1.71 bits per heavy atom. The van der Waals surface area contributed by atoms with Gasteiger partial charge in [-0.25, -0.2) is 4.79 Å². The van der Waals surface area contributed by atoms with Gasteiger partial charge in [0.1, 0.15) is 17.9 Å². The lowest BCUT2D eigenvalue weighted by molar-refractivity contribution is -0.503. The summed E-state index contributed by atoms with van der Waals surface area (Å²) in [5.41, 5.74) is 5.15. The Kier molecular flexibility index (Phi) is 3.97. The van der Waals surface area contributed by atoms with Crippen molar-refractivity contribution in [1.82, 2.24) is 0 Å². The van der Waals surface area contributed by atoms with E-state index in [4.69, 9.17) is 15.2 Å². The summed E-state index contributed by atoms with van der Waals surface area (Å²) in [5, 5.41) is 24.6. The van der Waals surface area contributed by atoms with Crippen LogP contribution in [0.15, 0.2) is 10.1 Å². The predicted molar refractivity (Wildman–Crippen MR) is 73.7 cm³/mol. The van der Waals surface area contributed by atoms with Crippen molar-refractivity contribution in [2.24, 2.45) is 15.9 Å². The summed E-state index contributed by atoms with van der Waals surface area (Å²) >= 11 is 0. The first-order valence-electron chi connectivity index (χ1n) is 6.53. The van der Waals surface area contributed by atoms with Crippen molar-refractivity contribution in [2.75, 3.05) is 13.2 Å². The normalized spacial score (nSPS) is 29.9. The van der Waals surface area contributed by atoms with Gasteiger partial charge in [-0.2, -0.15) is 4.74 Å². The number of nitrogens with two attached hydrogens (primary N) is 1. The lowest BCUT2D eigenvalue weighted by atomic mass is 9.91. The second kappa shape index (κ2) is 5.41. The second-order valence-corrected chi connectivity index (χ2v) is 5.19. The topological polar surface area (TPSA) is 133 Å². The van der Waals surface area contributed by atoms with Gasteiger partial charge in [0.05, 0.1) is 6.61 Å². The van der Waals surface area contributed by atoms with E-state index >= 15 is 0 Å². The van der Waals surface area contributed by atoms with Crippen LogP contribution in [0, 0.1) is 5.21 Å². The smallest absolute Gasteiger partial charge is 0.339 e. The molecule has 0 aromatic carbocycles. The van der Waals surface area contributed by atoms with E-state index in [2.05, 4.69) is 10.1 Å². The van der Waals surface area contributed by atoms with E-state index in [1.807, 2.05) is 0 Å². The third-order valence-electron chi connectivity index (χ3n) is 3.39. The van der Waals surface area contributed by atoms with Crippen molar-refractivity contribution in [3.05, 3.63) is 5.21 Å². The summed E-state index contributed by atoms with van der Waals surface area (Å²) in [5.74, 6) is -0.695. The van der Waals surface area contributed by atoms with Crippen LogP contribution in [0.25, 0.3) is 0 Å². The van der Waals surface area contributed by atoms with Crippen LogP contribution >= 0.6 is 0 Å². The summed E-state index contributed by atoms with van der Waals surface area (Å²) in [6, 6.07) is -1.17. The minimum absolute atomic E-state index is 0.0302. The minimum Gasteiger partial charge on any atom is -0.622 e. The zero-order valence-electron chi connectivity index (χ0n) is 12.1. The van der Waals surface area contributed by atoms with Gasteiger partial charge < -0.3 is 19.9 Å². The van der Waals surface area contributed by atoms with Gasteiger partial charge in [-0.3, -0.25) is 10.7 Å². The van der Waals surface area contributed by atoms with Gasteiger partial charge in [0.2, 0.25) is 17.9 Å². The van der Waals surface area contributed by atoms with Gasteiger partial charge in [0, 0.05) is 0 Å². The number of hydrogen-bond donors (Lipinski definition) is 2. The number of esters is 1. The number of rotatable bonds is 2. The van der Waals surface area contributed by atoms with Crippen molar-refractivity contribution in [1.29, 1.82) is 0 Å². The summed E-state index contributed by atoms with van der Waals surface area (Å²) in [6.07, 6.45) is -1.20. The molecule has 0 aromatic heterocycles. The second-order valence-electron chi connectivity index (χ2n) is 5.19. The Morgan fingerprint density at radius 2 is 2.38 bits per heavy atom. The van der Waals surface area contributed by atoms with E-state index in [0.717, 1.165) is 0 Å². The van der Waals surface area contributed by atoms with E-state index in [1.165, 1.54) is 0 Å². The molecular formula is C12H18N4O5. The Morgan fingerprint density at radius 3 is 2.95 bits per heavy atom. The molecule has 2 aliphatic heterocycles. The Hall–Kier alpha value is -2.00. The van der Waals surface area contributed by atoms with E-state index in [0.29, 0.717) is 4.74 Å². The van der Waals surface area contributed by atoms with Crippen LogP contribution in [-0.2, 0) is 14.3 Å². The molecule has 2 heterocycles. The number of aliphatic imine (C=N–C) groups is 1. The highest BCUT2D eigenvalue weighted by Crippen LogP contribution is 2.22. The van der Waals surface area contributed by atoms with Crippen molar-refractivity contribution >= 4 is 23.1 Å². The van der Waals surface area contributed by atoms with E-state index in [1.54, 1.807) is 20.8 Å². The van der Waals surface area contributed by atoms with E-state index in [-0.39, 0.29) is 30.3 Å². The summed E-state index contributed by atoms with van der Waals surface area (Å²) < 4.78 is 10.8. The lowest BCUT2D eigenvalue weighted by Gasteiger charge is -2.35. The van der Waals surface area contributed by atoms with Crippen molar-refractivity contribution in [3.8, 4) is 0 Å². The molecule has 2 rings (SSSR count). The number of carbonyl (C=O) groups is 1. The van der Waals surface area contributed by atoms with Crippen LogP contribution in [0.5, 0.6) is 0 Å². The Bertz CT molecular complexity index is 552. The predicted octanol–water partition coefficient (Wildman–Crippen LogP) is -0.752. The molecule has 0 spiro atoms. The zero-order chi connectivity index (χ0) is 15.8. The fraction of sp³-hybridized carbons (Fsp3) is 0.667. The van der Waals surface area contributed by atoms with Crippen molar-refractivity contribution in [3.63, 3.8) is 0 Å². The molecule has 2 unspecified atom stereocenters. The molecule has 1 saturated heterocycles. The summed E-state index contributed by atoms with van der Waals surface area (Å²) in [7, 11) is 0. The lowest BCUT2D eigenvalue weighted by Crippen LogP contribution is -2.60. The van der Waals surface area contributed by atoms with Crippen LogP contribution in [0.4, 0.5) is 0 Å². The first-order chi connectivity index (χ1) is 9.83. The molecule has 0 radical (unpaired) electrons. The molecule has 9 heteroatoms. The average molecular weight is 298 g/mol. The molecule has 0 saturated carbocycles. The molecule has 0 aliphatic carbocycles. The van der Waals surface area contributed by atoms with Crippen molar-refractivity contribution in [2.45, 2.75) is 38.6 Å². The summed E-state index contributed by atoms with van der Waals surface area (Å²) in [4.78, 5) is 16.0. The fourth-order valence-electron chi connectivity index (χ4n) is 2.22. The van der Waals surface area contributed by atoms with Gasteiger partial charge in [-0.05, 0) is 20.8 Å². The van der Waals surface area contributed by atoms with Gasteiger partial charge in [0.15, 0.2) is 5.71 Å². The molecule has 2 aliphatic rings. The minimum atomic E-state index is -1.20. The third-order valence-corrected chi connectivity index (χ3v) is 3.39. The van der Waals surface area contributed by atoms with Gasteiger partial charge in [-0.15, -0.1) is 0 Å². The number of carbonyl (C=O) groups excluding carboxylic acids is 1. The fourth-order valence-corrected chi connectivity index (χ4v) is 2.22. The SMILES string of the molecule is CCOC(=O)C1N=C2C(=[N+]([O-])C1N)COC(C)(C)/C2=N\O.